The van der Waals surface area contributed by atoms with E-state index in [9.17, 15) is 25.2 Å². The zero-order valence-electron chi connectivity index (χ0n) is 25.7. The molecule has 23 nitrogen and oxygen atoms in total. The van der Waals surface area contributed by atoms with Gasteiger partial charge in [-0.3, -0.25) is 58.7 Å². The van der Waals surface area contributed by atoms with Gasteiger partial charge in [0.15, 0.2) is 0 Å². The average Bonchev–Trinajstić information content (AvgIpc) is 3.12. The molecule has 50 heavy (non-hydrogen) atoms. The number of halogens is 6. The van der Waals surface area contributed by atoms with Crippen LogP contribution in [0.1, 0.15) is 0 Å². The van der Waals surface area contributed by atoms with Gasteiger partial charge in [0.1, 0.15) is 0 Å². The molecule has 0 aliphatic carbocycles. The van der Waals surface area contributed by atoms with E-state index in [1.807, 2.05) is 18.2 Å². The molecular weight excluding hydrogens is 879 g/mol. The Morgan fingerprint density at radius 3 is 0.960 bits per heavy atom. The van der Waals surface area contributed by atoms with E-state index in [2.05, 4.69) is 67.3 Å². The van der Waals surface area contributed by atoms with Crippen molar-refractivity contribution in [1.82, 2.24) is 19.0 Å². The molecule has 0 amide bonds. The number of fused-ring (bicyclic) bond motifs is 1. The van der Waals surface area contributed by atoms with Crippen molar-refractivity contribution in [2.75, 3.05) is 42.3 Å². The van der Waals surface area contributed by atoms with Crippen LogP contribution in [0, 0.1) is 0 Å². The molecule has 0 fully saturated rings. The first-order chi connectivity index (χ1) is 21.4. The second-order valence-electron chi connectivity index (χ2n) is 8.14. The molecule has 1 heterocycles. The molecular formula is C13H35F6N4O19P7S. The van der Waals surface area contributed by atoms with E-state index in [4.69, 9.17) is 90.6 Å². The molecule has 2 aromatic rings. The molecule has 0 unspecified atom stereocenters. The number of nitrogens with zero attached hydrogens (tertiary/aromatic N) is 4. The topological polar surface area (TPSA) is 377 Å². The van der Waals surface area contributed by atoms with Crippen LogP contribution in [0.15, 0.2) is 24.3 Å². The SMILES string of the molecule is CN(C)[PH](Oc1nc2ccccc2s1)(N(C)C)N(C)C.O=P(O)(O)F.O=P(O)(O)F.O=P(O)(O)F.O=P(O)(O)F.O=P(O)(O)F.O=P(O)(O)F. The Balaban J connectivity index is -0.000000185. The Morgan fingerprint density at radius 2 is 0.760 bits per heavy atom. The zero-order chi connectivity index (χ0) is 41.9. The first kappa shape index (κ1) is 59.0. The van der Waals surface area contributed by atoms with Crippen LogP contribution in [0.4, 0.5) is 25.2 Å². The standard InChI is InChI=1S/C13H23N4OPS.6FH2O3P/c1-15(2)19(16(3)4,17(5)6)18-13-14-11-9-7-8-10-12(11)20-13;6*1-5(2,3)4/h7-10,19H,1-6H3;6*(H2,2,3,4). The molecule has 0 aliphatic rings. The van der Waals surface area contributed by atoms with Crippen molar-refractivity contribution in [3.8, 4) is 5.19 Å². The van der Waals surface area contributed by atoms with Gasteiger partial charge in [0.25, 0.3) is 0 Å². The monoisotopic (exact) mass is 914 g/mol. The van der Waals surface area contributed by atoms with Crippen molar-refractivity contribution in [3.63, 3.8) is 0 Å². The Kier molecular flexibility index (Phi) is 29.4. The van der Waals surface area contributed by atoms with E-state index in [-0.39, 0.29) is 0 Å². The molecule has 304 valence electrons. The van der Waals surface area contributed by atoms with Crippen molar-refractivity contribution in [2.24, 2.45) is 0 Å². The van der Waals surface area contributed by atoms with Gasteiger partial charge >= 0.3 is 172 Å². The fraction of sp³-hybridized carbons (Fsp3) is 0.462. The van der Waals surface area contributed by atoms with Crippen LogP contribution >= 0.6 is 66.7 Å². The second kappa shape index (κ2) is 24.9. The maximum absolute atomic E-state index is 10.4. The molecule has 12 N–H and O–H groups in total. The van der Waals surface area contributed by atoms with E-state index in [1.165, 1.54) is 0 Å². The largest absolute Gasteiger partial charge is 0.507 e. The smallest absolute Gasteiger partial charge is 0.299 e. The van der Waals surface area contributed by atoms with Crippen LogP contribution in [0.3, 0.4) is 0 Å². The van der Waals surface area contributed by atoms with Gasteiger partial charge in [0.05, 0.1) is 0 Å². The maximum atomic E-state index is 10.4. The van der Waals surface area contributed by atoms with Gasteiger partial charge in [-0.2, -0.15) is 0 Å². The van der Waals surface area contributed by atoms with Crippen LogP contribution < -0.4 is 4.52 Å². The summed E-state index contributed by atoms with van der Waals surface area (Å²) < 4.78 is 128. The second-order valence-corrected chi connectivity index (χ2v) is 18.8. The van der Waals surface area contributed by atoms with Gasteiger partial charge in [-0.05, 0) is 0 Å². The van der Waals surface area contributed by atoms with Crippen LogP contribution in [0.5, 0.6) is 5.19 Å². The number of para-hydroxylation sites is 1. The van der Waals surface area contributed by atoms with Crippen molar-refractivity contribution in [2.45, 2.75) is 0 Å². The summed E-state index contributed by atoms with van der Waals surface area (Å²) in [6, 6.07) is 8.12. The van der Waals surface area contributed by atoms with Gasteiger partial charge in [-0.25, -0.2) is 27.4 Å². The molecule has 2 rings (SSSR count). The first-order valence-corrected chi connectivity index (χ1v) is 22.5. The molecule has 1 aromatic carbocycles. The Labute approximate surface area is 283 Å². The van der Waals surface area contributed by atoms with Crippen molar-refractivity contribution in [1.29, 1.82) is 0 Å². The zero-order valence-corrected chi connectivity index (χ0v) is 32.9. The molecule has 37 heteroatoms. The van der Waals surface area contributed by atoms with Crippen LogP contribution in [0.25, 0.3) is 10.2 Å². The third-order valence-corrected chi connectivity index (χ3v) is 8.27. The molecule has 0 bridgehead atoms. The third-order valence-electron chi connectivity index (χ3n) is 3.25. The van der Waals surface area contributed by atoms with E-state index in [1.54, 1.807) is 11.3 Å². The number of rotatable bonds is 5. The van der Waals surface area contributed by atoms with Gasteiger partial charge in [0.2, 0.25) is 0 Å². The summed E-state index contributed by atoms with van der Waals surface area (Å²) in [5.74, 6) is 0. The van der Waals surface area contributed by atoms with E-state index in [0.29, 0.717) is 0 Å². The molecule has 0 saturated carbocycles. The average molecular weight is 914 g/mol. The van der Waals surface area contributed by atoms with Gasteiger partial charge in [0, 0.05) is 0 Å². The van der Waals surface area contributed by atoms with Crippen LogP contribution in [-0.2, 0) is 27.4 Å². The Hall–Kier alpha value is -0.300. The quantitative estimate of drug-likeness (QED) is 0.151. The Morgan fingerprint density at radius 1 is 0.540 bits per heavy atom. The molecule has 0 aliphatic heterocycles. The molecule has 0 atom stereocenters. The van der Waals surface area contributed by atoms with Crippen LogP contribution in [0.2, 0.25) is 0 Å². The summed E-state index contributed by atoms with van der Waals surface area (Å²) in [5, 5.41) is 0.731. The predicted molar refractivity (Wildman–Crippen MR) is 169 cm³/mol. The minimum Gasteiger partial charge on any atom is -0.299 e. The summed E-state index contributed by atoms with van der Waals surface area (Å²) in [7, 11) is -20.9. The van der Waals surface area contributed by atoms with Crippen molar-refractivity contribution >= 4 is 76.9 Å². The van der Waals surface area contributed by atoms with Gasteiger partial charge in [-0.15, -0.1) is 25.2 Å². The van der Waals surface area contributed by atoms with E-state index in [0.717, 1.165) is 15.4 Å². The minimum atomic E-state index is -5.14. The fourth-order valence-corrected chi connectivity index (χ4v) is 6.91. The summed E-state index contributed by atoms with van der Waals surface area (Å²) in [6.07, 6.45) is 0. The molecule has 0 saturated heterocycles. The third kappa shape index (κ3) is 59.8. The van der Waals surface area contributed by atoms with E-state index >= 15 is 0 Å². The molecule has 0 radical (unpaired) electrons. The number of aromatic nitrogens is 1. The fourth-order valence-electron chi connectivity index (χ4n) is 2.49. The van der Waals surface area contributed by atoms with Gasteiger partial charge < -0.3 is 0 Å². The normalized spacial score (nSPS) is 12.5. The summed E-state index contributed by atoms with van der Waals surface area (Å²) in [6.45, 7) is 0. The number of hydrogen-bond donors (Lipinski definition) is 12. The minimum absolute atomic E-state index is 0.731. The summed E-state index contributed by atoms with van der Waals surface area (Å²) in [5.41, 5.74) is 0.992. The van der Waals surface area contributed by atoms with Crippen LogP contribution in [-0.4, -0.2) is 120 Å². The maximum Gasteiger partial charge on any atom is 0.507 e. The summed E-state index contributed by atoms with van der Waals surface area (Å²) in [4.78, 5) is 88.2. The summed E-state index contributed by atoms with van der Waals surface area (Å²) >= 11 is 1.60. The van der Waals surface area contributed by atoms with Crippen molar-refractivity contribution in [3.05, 3.63) is 24.3 Å². The Bertz CT molecular complexity index is 1260. The molecule has 0 spiro atoms. The van der Waals surface area contributed by atoms with Gasteiger partial charge in [-0.1, -0.05) is 0 Å². The van der Waals surface area contributed by atoms with E-state index < -0.39 is 55.4 Å². The predicted octanol–water partition coefficient (Wildman–Crippen LogP) is 3.06. The number of hydrogen-bond acceptors (Lipinski definition) is 12. The molecule has 1 aromatic heterocycles. The number of benzene rings is 1. The first-order valence-electron chi connectivity index (χ1n) is 11.0. The number of thiazole rings is 1. The van der Waals surface area contributed by atoms with Crippen molar-refractivity contribution < 1.29 is 116 Å².